The van der Waals surface area contributed by atoms with Gasteiger partial charge in [-0.1, -0.05) is 48.0 Å². The molecule has 6 heteroatoms. The molecule has 0 aliphatic rings. The SMILES string of the molecule is CNc1nc(Nc2c(F)cccc2Cl)cc(-c2ccccc2)n1. The van der Waals surface area contributed by atoms with Crippen LogP contribution in [0.2, 0.25) is 5.02 Å². The summed E-state index contributed by atoms with van der Waals surface area (Å²) in [5.74, 6) is 0.444. The van der Waals surface area contributed by atoms with Crippen LogP contribution < -0.4 is 10.6 Å². The Bertz CT molecular complexity index is 804. The minimum Gasteiger partial charge on any atom is -0.357 e. The number of nitrogens with one attached hydrogen (secondary N) is 2. The van der Waals surface area contributed by atoms with Crippen LogP contribution >= 0.6 is 11.6 Å². The smallest absolute Gasteiger partial charge is 0.224 e. The lowest BCUT2D eigenvalue weighted by Gasteiger charge is -2.11. The fraction of sp³-hybridized carbons (Fsp3) is 0.0588. The molecule has 0 aliphatic heterocycles. The number of anilines is 3. The monoisotopic (exact) mass is 328 g/mol. The van der Waals surface area contributed by atoms with Crippen molar-refractivity contribution in [1.82, 2.24) is 9.97 Å². The topological polar surface area (TPSA) is 49.8 Å². The average molecular weight is 329 g/mol. The number of aromatic nitrogens is 2. The van der Waals surface area contributed by atoms with Crippen LogP contribution in [0.15, 0.2) is 54.6 Å². The molecule has 0 fully saturated rings. The van der Waals surface area contributed by atoms with Gasteiger partial charge in [0.15, 0.2) is 0 Å². The lowest BCUT2D eigenvalue weighted by molar-refractivity contribution is 0.632. The number of hydrogen-bond acceptors (Lipinski definition) is 4. The minimum atomic E-state index is -0.441. The first-order valence-corrected chi connectivity index (χ1v) is 7.38. The molecule has 0 saturated heterocycles. The Labute approximate surface area is 138 Å². The van der Waals surface area contributed by atoms with Gasteiger partial charge in [0.2, 0.25) is 5.95 Å². The van der Waals surface area contributed by atoms with Gasteiger partial charge in [-0.25, -0.2) is 9.37 Å². The van der Waals surface area contributed by atoms with Crippen LogP contribution in [-0.2, 0) is 0 Å². The van der Waals surface area contributed by atoms with E-state index in [0.29, 0.717) is 11.8 Å². The van der Waals surface area contributed by atoms with Crippen molar-refractivity contribution in [3.63, 3.8) is 0 Å². The molecular formula is C17H14ClFN4. The quantitative estimate of drug-likeness (QED) is 0.727. The molecule has 0 unspecified atom stereocenters. The highest BCUT2D eigenvalue weighted by atomic mass is 35.5. The molecule has 2 N–H and O–H groups in total. The highest BCUT2D eigenvalue weighted by Gasteiger charge is 2.10. The predicted octanol–water partition coefficient (Wildman–Crippen LogP) is 4.72. The van der Waals surface area contributed by atoms with Crippen molar-refractivity contribution in [3.05, 3.63) is 65.4 Å². The van der Waals surface area contributed by atoms with Crippen LogP contribution in [-0.4, -0.2) is 17.0 Å². The first-order chi connectivity index (χ1) is 11.2. The Morgan fingerprint density at radius 2 is 1.78 bits per heavy atom. The van der Waals surface area contributed by atoms with E-state index in [9.17, 15) is 4.39 Å². The Kier molecular flexibility index (Phi) is 4.39. The second-order valence-corrected chi connectivity index (χ2v) is 5.21. The Morgan fingerprint density at radius 3 is 2.48 bits per heavy atom. The van der Waals surface area contributed by atoms with E-state index in [1.165, 1.54) is 6.07 Å². The molecular weight excluding hydrogens is 315 g/mol. The van der Waals surface area contributed by atoms with Crippen LogP contribution in [0.4, 0.5) is 21.8 Å². The first-order valence-electron chi connectivity index (χ1n) is 7.00. The number of hydrogen-bond donors (Lipinski definition) is 2. The summed E-state index contributed by atoms with van der Waals surface area (Å²) < 4.78 is 13.9. The number of halogens is 2. The third-order valence-electron chi connectivity index (χ3n) is 3.24. The Morgan fingerprint density at radius 1 is 1.00 bits per heavy atom. The van der Waals surface area contributed by atoms with Crippen molar-refractivity contribution in [2.45, 2.75) is 0 Å². The molecule has 1 aromatic heterocycles. The maximum atomic E-state index is 13.9. The molecule has 0 spiro atoms. The zero-order chi connectivity index (χ0) is 16.2. The molecule has 23 heavy (non-hydrogen) atoms. The summed E-state index contributed by atoms with van der Waals surface area (Å²) >= 11 is 6.05. The van der Waals surface area contributed by atoms with Gasteiger partial charge in [-0.05, 0) is 12.1 Å². The summed E-state index contributed by atoms with van der Waals surface area (Å²) in [5, 5.41) is 6.12. The van der Waals surface area contributed by atoms with E-state index < -0.39 is 5.82 Å². The summed E-state index contributed by atoms with van der Waals surface area (Å²) in [6, 6.07) is 15.9. The van der Waals surface area contributed by atoms with Crippen LogP contribution in [0, 0.1) is 5.82 Å². The fourth-order valence-corrected chi connectivity index (χ4v) is 2.34. The molecule has 3 rings (SSSR count). The molecule has 1 heterocycles. The zero-order valence-corrected chi connectivity index (χ0v) is 13.1. The maximum absolute atomic E-state index is 13.9. The Balaban J connectivity index is 2.03. The standard InChI is InChI=1S/C17H14ClFN4/c1-20-17-21-14(11-6-3-2-4-7-11)10-15(23-17)22-16-12(18)8-5-9-13(16)19/h2-10H,1H3,(H2,20,21,22,23). The van der Waals surface area contributed by atoms with E-state index in [0.717, 1.165) is 11.3 Å². The second kappa shape index (κ2) is 6.62. The third-order valence-corrected chi connectivity index (χ3v) is 3.55. The normalized spacial score (nSPS) is 10.4. The van der Waals surface area contributed by atoms with E-state index in [4.69, 9.17) is 11.6 Å². The molecule has 2 aromatic carbocycles. The van der Waals surface area contributed by atoms with Crippen molar-refractivity contribution in [2.75, 3.05) is 17.7 Å². The summed E-state index contributed by atoms with van der Waals surface area (Å²) in [5.41, 5.74) is 1.85. The molecule has 4 nitrogen and oxygen atoms in total. The van der Waals surface area contributed by atoms with Gasteiger partial charge < -0.3 is 10.6 Å². The molecule has 0 bridgehead atoms. The Hall–Kier alpha value is -2.66. The molecule has 0 aliphatic carbocycles. The zero-order valence-electron chi connectivity index (χ0n) is 12.3. The van der Waals surface area contributed by atoms with E-state index in [-0.39, 0.29) is 10.7 Å². The van der Waals surface area contributed by atoms with Gasteiger partial charge in [0.1, 0.15) is 11.6 Å². The molecule has 0 atom stereocenters. The highest BCUT2D eigenvalue weighted by molar-refractivity contribution is 6.33. The van der Waals surface area contributed by atoms with Crippen molar-refractivity contribution in [1.29, 1.82) is 0 Å². The van der Waals surface area contributed by atoms with Gasteiger partial charge >= 0.3 is 0 Å². The predicted molar refractivity (Wildman–Crippen MR) is 91.7 cm³/mol. The summed E-state index contributed by atoms with van der Waals surface area (Å²) in [4.78, 5) is 8.72. The van der Waals surface area contributed by atoms with E-state index in [2.05, 4.69) is 20.6 Å². The van der Waals surface area contributed by atoms with E-state index in [1.807, 2.05) is 30.3 Å². The summed E-state index contributed by atoms with van der Waals surface area (Å²) in [6.07, 6.45) is 0. The molecule has 0 radical (unpaired) electrons. The number of benzene rings is 2. The molecule has 3 aromatic rings. The van der Waals surface area contributed by atoms with Gasteiger partial charge in [0.25, 0.3) is 0 Å². The molecule has 0 amide bonds. The lowest BCUT2D eigenvalue weighted by Crippen LogP contribution is -2.03. The van der Waals surface area contributed by atoms with Crippen molar-refractivity contribution < 1.29 is 4.39 Å². The minimum absolute atomic E-state index is 0.189. The average Bonchev–Trinajstić information content (AvgIpc) is 2.59. The van der Waals surface area contributed by atoms with E-state index >= 15 is 0 Å². The second-order valence-electron chi connectivity index (χ2n) is 4.80. The molecule has 116 valence electrons. The fourth-order valence-electron chi connectivity index (χ4n) is 2.13. The number of para-hydroxylation sites is 1. The van der Waals surface area contributed by atoms with Gasteiger partial charge in [0.05, 0.1) is 16.4 Å². The summed E-state index contributed by atoms with van der Waals surface area (Å²) in [6.45, 7) is 0. The van der Waals surface area contributed by atoms with Gasteiger partial charge in [-0.2, -0.15) is 4.98 Å². The van der Waals surface area contributed by atoms with Crippen LogP contribution in [0.25, 0.3) is 11.3 Å². The lowest BCUT2D eigenvalue weighted by atomic mass is 10.1. The third kappa shape index (κ3) is 3.40. The van der Waals surface area contributed by atoms with Crippen LogP contribution in [0.5, 0.6) is 0 Å². The first kappa shape index (κ1) is 15.2. The highest BCUT2D eigenvalue weighted by Crippen LogP contribution is 2.29. The van der Waals surface area contributed by atoms with Crippen molar-refractivity contribution in [2.24, 2.45) is 0 Å². The van der Waals surface area contributed by atoms with Crippen molar-refractivity contribution in [3.8, 4) is 11.3 Å². The largest absolute Gasteiger partial charge is 0.357 e. The summed E-state index contributed by atoms with van der Waals surface area (Å²) in [7, 11) is 1.73. The van der Waals surface area contributed by atoms with E-state index in [1.54, 1.807) is 25.2 Å². The van der Waals surface area contributed by atoms with Crippen molar-refractivity contribution >= 4 is 29.1 Å². The number of rotatable bonds is 4. The van der Waals surface area contributed by atoms with Crippen LogP contribution in [0.1, 0.15) is 0 Å². The van der Waals surface area contributed by atoms with Gasteiger partial charge in [-0.3, -0.25) is 0 Å². The van der Waals surface area contributed by atoms with Gasteiger partial charge in [-0.15, -0.1) is 0 Å². The molecule has 0 saturated carbocycles. The maximum Gasteiger partial charge on any atom is 0.224 e. The van der Waals surface area contributed by atoms with Gasteiger partial charge in [0, 0.05) is 18.7 Å². The number of nitrogens with zero attached hydrogens (tertiary/aromatic N) is 2. The van der Waals surface area contributed by atoms with Crippen LogP contribution in [0.3, 0.4) is 0 Å².